The maximum Gasteiger partial charge on any atom is 0.229 e. The molecule has 4 nitrogen and oxygen atoms in total. The van der Waals surface area contributed by atoms with Crippen molar-refractivity contribution in [2.75, 3.05) is 11.9 Å². The van der Waals surface area contributed by atoms with Crippen LogP contribution in [0.4, 0.5) is 5.69 Å². The molecule has 21 heavy (non-hydrogen) atoms. The quantitative estimate of drug-likeness (QED) is 0.923. The number of benzene rings is 1. The van der Waals surface area contributed by atoms with Gasteiger partial charge in [0.25, 0.3) is 0 Å². The van der Waals surface area contributed by atoms with Crippen molar-refractivity contribution in [3.05, 3.63) is 52.7 Å². The molecule has 110 valence electrons. The summed E-state index contributed by atoms with van der Waals surface area (Å²) in [5.74, 6) is -0.170. The summed E-state index contributed by atoms with van der Waals surface area (Å²) in [6.07, 6.45) is 0.242. The summed E-state index contributed by atoms with van der Waals surface area (Å²) in [5.41, 5.74) is 0.843. The monoisotopic (exact) mass is 302 g/mol. The Morgan fingerprint density at radius 1 is 1.19 bits per heavy atom. The fraction of sp³-hybridized carbons (Fsp3) is 0.250. The first-order valence-electron chi connectivity index (χ1n) is 6.70. The van der Waals surface area contributed by atoms with Gasteiger partial charge in [-0.25, -0.2) is 0 Å². The van der Waals surface area contributed by atoms with Crippen LogP contribution in [0.3, 0.4) is 0 Å². The number of hydrogen-bond donors (Lipinski definition) is 1. The van der Waals surface area contributed by atoms with Crippen LogP contribution in [0.25, 0.3) is 0 Å². The van der Waals surface area contributed by atoms with Crippen molar-refractivity contribution in [2.24, 2.45) is 0 Å². The molecule has 0 aliphatic rings. The second-order valence-corrected chi connectivity index (χ2v) is 5.74. The number of anilines is 1. The Morgan fingerprint density at radius 3 is 2.48 bits per heavy atom. The van der Waals surface area contributed by atoms with E-state index >= 15 is 0 Å². The zero-order valence-electron chi connectivity index (χ0n) is 12.1. The van der Waals surface area contributed by atoms with Gasteiger partial charge >= 0.3 is 0 Å². The van der Waals surface area contributed by atoms with Gasteiger partial charge in [0.05, 0.1) is 12.5 Å². The molecule has 0 aliphatic heterocycles. The van der Waals surface area contributed by atoms with Gasteiger partial charge in [0.1, 0.15) is 0 Å². The Morgan fingerprint density at radius 2 is 1.90 bits per heavy atom. The minimum absolute atomic E-state index is 0.0339. The Bertz CT molecular complexity index is 596. The number of carbonyl (C=O) groups is 2. The predicted octanol–water partition coefficient (Wildman–Crippen LogP) is 2.98. The van der Waals surface area contributed by atoms with E-state index in [1.54, 1.807) is 11.9 Å². The molecular weight excluding hydrogens is 284 g/mol. The van der Waals surface area contributed by atoms with Crippen LogP contribution < -0.4 is 10.2 Å². The van der Waals surface area contributed by atoms with Crippen LogP contribution in [0.1, 0.15) is 24.3 Å². The highest BCUT2D eigenvalue weighted by molar-refractivity contribution is 7.10. The summed E-state index contributed by atoms with van der Waals surface area (Å²) < 4.78 is 0. The molecule has 0 spiro atoms. The summed E-state index contributed by atoms with van der Waals surface area (Å²) in [5, 5.41) is 4.78. The molecule has 1 N–H and O–H groups in total. The largest absolute Gasteiger partial charge is 0.348 e. The summed E-state index contributed by atoms with van der Waals surface area (Å²) in [7, 11) is 1.75. The molecule has 2 amide bonds. The molecule has 2 aromatic rings. The highest BCUT2D eigenvalue weighted by Crippen LogP contribution is 2.24. The third-order valence-corrected chi connectivity index (χ3v) is 4.15. The number of carbonyl (C=O) groups excluding carboxylic acids is 2. The fourth-order valence-corrected chi connectivity index (χ4v) is 2.84. The maximum atomic E-state index is 12.4. The van der Waals surface area contributed by atoms with Crippen LogP contribution >= 0.6 is 11.3 Å². The van der Waals surface area contributed by atoms with E-state index in [2.05, 4.69) is 5.32 Å². The third-order valence-electron chi connectivity index (χ3n) is 3.16. The van der Waals surface area contributed by atoms with Crippen molar-refractivity contribution in [2.45, 2.75) is 19.4 Å². The minimum Gasteiger partial charge on any atom is -0.348 e. The number of thiophene rings is 1. The molecular formula is C16H18N2O2S. The average molecular weight is 302 g/mol. The summed E-state index contributed by atoms with van der Waals surface area (Å²) in [6.45, 7) is 1.46. The SMILES string of the molecule is CC(=O)N[C@H](CC(=O)N(C)c1ccccc1)c1cccs1. The number of rotatable bonds is 5. The molecule has 0 aliphatic carbocycles. The maximum absolute atomic E-state index is 12.4. The molecule has 1 atom stereocenters. The average Bonchev–Trinajstić information content (AvgIpc) is 3.00. The lowest BCUT2D eigenvalue weighted by atomic mass is 10.1. The molecule has 5 heteroatoms. The zero-order chi connectivity index (χ0) is 15.2. The second-order valence-electron chi connectivity index (χ2n) is 4.76. The molecule has 0 radical (unpaired) electrons. The first kappa shape index (κ1) is 15.3. The van der Waals surface area contributed by atoms with E-state index in [9.17, 15) is 9.59 Å². The van der Waals surface area contributed by atoms with E-state index in [0.29, 0.717) is 0 Å². The van der Waals surface area contributed by atoms with Gasteiger partial charge < -0.3 is 10.2 Å². The number of nitrogens with zero attached hydrogens (tertiary/aromatic N) is 1. The highest BCUT2D eigenvalue weighted by atomic mass is 32.1. The van der Waals surface area contributed by atoms with Crippen LogP contribution in [-0.2, 0) is 9.59 Å². The van der Waals surface area contributed by atoms with Crippen LogP contribution in [0.2, 0.25) is 0 Å². The Kier molecular flexibility index (Phi) is 5.11. The fourth-order valence-electron chi connectivity index (χ4n) is 2.06. The lowest BCUT2D eigenvalue weighted by Crippen LogP contribution is -2.33. The Hall–Kier alpha value is -2.14. The van der Waals surface area contributed by atoms with Gasteiger partial charge in [0.15, 0.2) is 0 Å². The number of amides is 2. The van der Waals surface area contributed by atoms with E-state index in [1.807, 2.05) is 47.8 Å². The van der Waals surface area contributed by atoms with Crippen molar-refractivity contribution in [1.82, 2.24) is 5.32 Å². The molecule has 0 unspecified atom stereocenters. The molecule has 0 bridgehead atoms. The third kappa shape index (κ3) is 4.16. The summed E-state index contributed by atoms with van der Waals surface area (Å²) >= 11 is 1.54. The topological polar surface area (TPSA) is 49.4 Å². The molecule has 0 saturated carbocycles. The summed E-state index contributed by atoms with van der Waals surface area (Å²) in [4.78, 5) is 26.3. The normalized spacial score (nSPS) is 11.7. The molecule has 1 aromatic heterocycles. The van der Waals surface area contributed by atoms with E-state index in [4.69, 9.17) is 0 Å². The van der Waals surface area contributed by atoms with E-state index in [0.717, 1.165) is 10.6 Å². The van der Waals surface area contributed by atoms with Crippen LogP contribution in [0.15, 0.2) is 47.8 Å². The standard InChI is InChI=1S/C16H18N2O2S/c1-12(19)17-14(15-9-6-10-21-15)11-16(20)18(2)13-7-4-3-5-8-13/h3-10,14H,11H2,1-2H3,(H,17,19)/t14-/m1/s1. The van der Waals surface area contributed by atoms with E-state index < -0.39 is 0 Å². The minimum atomic E-state index is -0.277. The molecule has 1 aromatic carbocycles. The van der Waals surface area contributed by atoms with Gasteiger partial charge in [-0.15, -0.1) is 11.3 Å². The van der Waals surface area contributed by atoms with E-state index in [1.165, 1.54) is 18.3 Å². The van der Waals surface area contributed by atoms with Gasteiger partial charge in [-0.1, -0.05) is 24.3 Å². The first-order valence-corrected chi connectivity index (χ1v) is 7.58. The zero-order valence-corrected chi connectivity index (χ0v) is 12.9. The molecule has 2 rings (SSSR count). The van der Waals surface area contributed by atoms with Crippen molar-refractivity contribution >= 4 is 28.8 Å². The summed E-state index contributed by atoms with van der Waals surface area (Å²) in [6, 6.07) is 13.0. The van der Waals surface area contributed by atoms with Gasteiger partial charge in [-0.3, -0.25) is 9.59 Å². The van der Waals surface area contributed by atoms with Crippen LogP contribution in [-0.4, -0.2) is 18.9 Å². The Balaban J connectivity index is 2.09. The van der Waals surface area contributed by atoms with Crippen molar-refractivity contribution in [1.29, 1.82) is 0 Å². The van der Waals surface area contributed by atoms with Crippen molar-refractivity contribution in [3.8, 4) is 0 Å². The number of nitrogens with one attached hydrogen (secondary N) is 1. The van der Waals surface area contributed by atoms with Gasteiger partial charge in [0.2, 0.25) is 11.8 Å². The molecule has 0 fully saturated rings. The van der Waals surface area contributed by atoms with Gasteiger partial charge in [-0.05, 0) is 23.6 Å². The smallest absolute Gasteiger partial charge is 0.229 e. The first-order chi connectivity index (χ1) is 10.1. The molecule has 0 saturated heterocycles. The predicted molar refractivity (Wildman–Crippen MR) is 85.3 cm³/mol. The lowest BCUT2D eigenvalue weighted by molar-refractivity contribution is -0.121. The van der Waals surface area contributed by atoms with Gasteiger partial charge in [-0.2, -0.15) is 0 Å². The highest BCUT2D eigenvalue weighted by Gasteiger charge is 2.20. The Labute approximate surface area is 128 Å². The van der Waals surface area contributed by atoms with Crippen molar-refractivity contribution in [3.63, 3.8) is 0 Å². The molecule has 1 heterocycles. The lowest BCUT2D eigenvalue weighted by Gasteiger charge is -2.21. The van der Waals surface area contributed by atoms with Crippen LogP contribution in [0, 0.1) is 0 Å². The van der Waals surface area contributed by atoms with Crippen molar-refractivity contribution < 1.29 is 9.59 Å². The number of para-hydroxylation sites is 1. The second kappa shape index (κ2) is 7.04. The van der Waals surface area contributed by atoms with Gasteiger partial charge in [0, 0.05) is 24.5 Å². The number of hydrogen-bond acceptors (Lipinski definition) is 3. The van der Waals surface area contributed by atoms with Crippen LogP contribution in [0.5, 0.6) is 0 Å². The van der Waals surface area contributed by atoms with E-state index in [-0.39, 0.29) is 24.3 Å².